The van der Waals surface area contributed by atoms with Crippen LogP contribution in [0.1, 0.15) is 20.3 Å². The van der Waals surface area contributed by atoms with Crippen molar-refractivity contribution in [1.29, 1.82) is 0 Å². The van der Waals surface area contributed by atoms with E-state index in [2.05, 4.69) is 18.8 Å². The monoisotopic (exact) mass is 355 g/mol. The molecule has 0 spiro atoms. The van der Waals surface area contributed by atoms with Crippen molar-refractivity contribution < 1.29 is 9.84 Å². The summed E-state index contributed by atoms with van der Waals surface area (Å²) in [6.07, 6.45) is 4.13. The molecule has 2 aromatic heterocycles. The number of aliphatic hydroxyl groups excluding tert-OH is 1. The fourth-order valence-corrected chi connectivity index (χ4v) is 3.31. The van der Waals surface area contributed by atoms with Crippen LogP contribution in [0, 0.1) is 5.92 Å². The van der Waals surface area contributed by atoms with E-state index in [-0.39, 0.29) is 24.8 Å². The summed E-state index contributed by atoms with van der Waals surface area (Å²) in [5.74, 6) is 1.18. The van der Waals surface area contributed by atoms with Crippen LogP contribution in [0.15, 0.2) is 41.5 Å². The molecule has 0 bridgehead atoms. The van der Waals surface area contributed by atoms with Gasteiger partial charge < -0.3 is 20.1 Å². The summed E-state index contributed by atoms with van der Waals surface area (Å²) >= 11 is 0. The highest BCUT2D eigenvalue weighted by Crippen LogP contribution is 2.26. The van der Waals surface area contributed by atoms with E-state index in [9.17, 15) is 9.90 Å². The predicted octanol–water partition coefficient (Wildman–Crippen LogP) is 2.29. The highest BCUT2D eigenvalue weighted by Gasteiger charge is 2.12. The number of hydrogen-bond donors (Lipinski definition) is 2. The van der Waals surface area contributed by atoms with E-state index in [0.717, 1.165) is 22.7 Å². The van der Waals surface area contributed by atoms with Crippen molar-refractivity contribution in [1.82, 2.24) is 9.55 Å². The van der Waals surface area contributed by atoms with Crippen molar-refractivity contribution in [3.05, 3.63) is 47.0 Å². The number of nitrogens with zero attached hydrogens (tertiary/aromatic N) is 2. The second-order valence-corrected chi connectivity index (χ2v) is 6.98. The van der Waals surface area contributed by atoms with E-state index in [4.69, 9.17) is 10.5 Å². The maximum atomic E-state index is 12.8. The van der Waals surface area contributed by atoms with E-state index in [1.54, 1.807) is 17.0 Å². The Hall–Kier alpha value is -2.44. The highest BCUT2D eigenvalue weighted by atomic mass is 16.5. The Morgan fingerprint density at radius 3 is 2.77 bits per heavy atom. The smallest absolute Gasteiger partial charge is 0.260 e. The first-order chi connectivity index (χ1) is 12.5. The van der Waals surface area contributed by atoms with Crippen LogP contribution in [0.5, 0.6) is 5.75 Å². The van der Waals surface area contributed by atoms with Gasteiger partial charge >= 0.3 is 0 Å². The normalized spacial score (nSPS) is 12.8. The molecule has 2 heterocycles. The maximum absolute atomic E-state index is 12.8. The van der Waals surface area contributed by atoms with E-state index in [0.29, 0.717) is 23.7 Å². The Kier molecular flexibility index (Phi) is 5.54. The first-order valence-corrected chi connectivity index (χ1v) is 8.90. The van der Waals surface area contributed by atoms with E-state index in [1.807, 2.05) is 24.3 Å². The van der Waals surface area contributed by atoms with Crippen LogP contribution in [-0.2, 0) is 6.54 Å². The van der Waals surface area contributed by atoms with Gasteiger partial charge in [0.2, 0.25) is 0 Å². The molecule has 3 rings (SSSR count). The molecule has 1 unspecified atom stereocenters. The second kappa shape index (κ2) is 7.85. The lowest BCUT2D eigenvalue weighted by Gasteiger charge is -2.17. The van der Waals surface area contributed by atoms with Crippen LogP contribution in [0.25, 0.3) is 21.7 Å². The van der Waals surface area contributed by atoms with Crippen molar-refractivity contribution in [3.8, 4) is 5.75 Å². The van der Waals surface area contributed by atoms with Crippen LogP contribution in [0.2, 0.25) is 0 Å². The van der Waals surface area contributed by atoms with Gasteiger partial charge in [-0.3, -0.25) is 9.78 Å². The Balaban J connectivity index is 2.04. The first kappa shape index (κ1) is 18.4. The molecule has 0 amide bonds. The Morgan fingerprint density at radius 1 is 1.23 bits per heavy atom. The van der Waals surface area contributed by atoms with Gasteiger partial charge in [-0.15, -0.1) is 0 Å². The van der Waals surface area contributed by atoms with Gasteiger partial charge in [0.1, 0.15) is 12.4 Å². The van der Waals surface area contributed by atoms with Gasteiger partial charge in [-0.1, -0.05) is 13.8 Å². The molecule has 1 aromatic carbocycles. The largest absolute Gasteiger partial charge is 0.492 e. The zero-order valence-electron chi connectivity index (χ0n) is 15.2. The molecule has 0 aliphatic carbocycles. The third-order valence-electron chi connectivity index (χ3n) is 4.41. The van der Waals surface area contributed by atoms with E-state index >= 15 is 0 Å². The standard InChI is InChI=1S/C20H25N3O3/c1-13(2)9-14(21)12-26-15-3-4-17-16-5-6-22-11-18(16)20(25)23(7-8-24)19(17)10-15/h3-6,10-11,13-14,24H,7-9,12,21H2,1-2H3. The SMILES string of the molecule is CC(C)CC(N)COc1ccc2c3ccncc3c(=O)n(CCO)c2c1. The fourth-order valence-electron chi connectivity index (χ4n) is 3.31. The van der Waals surface area contributed by atoms with Gasteiger partial charge in [0.15, 0.2) is 0 Å². The molecule has 138 valence electrons. The third-order valence-corrected chi connectivity index (χ3v) is 4.41. The van der Waals surface area contributed by atoms with E-state index in [1.165, 1.54) is 0 Å². The van der Waals surface area contributed by atoms with Crippen molar-refractivity contribution in [2.75, 3.05) is 13.2 Å². The number of hydrogen-bond acceptors (Lipinski definition) is 5. The van der Waals surface area contributed by atoms with Gasteiger partial charge in [-0.05, 0) is 35.9 Å². The minimum atomic E-state index is -0.164. The lowest BCUT2D eigenvalue weighted by atomic mass is 10.1. The van der Waals surface area contributed by atoms with Crippen molar-refractivity contribution in [2.45, 2.75) is 32.9 Å². The topological polar surface area (TPSA) is 90.4 Å². The number of aliphatic hydroxyl groups is 1. The van der Waals surface area contributed by atoms with Gasteiger partial charge in [-0.25, -0.2) is 0 Å². The van der Waals surface area contributed by atoms with E-state index < -0.39 is 0 Å². The quantitative estimate of drug-likeness (QED) is 0.635. The van der Waals surface area contributed by atoms with Crippen molar-refractivity contribution in [2.24, 2.45) is 11.7 Å². The minimum absolute atomic E-state index is 0.0343. The zero-order valence-corrected chi connectivity index (χ0v) is 15.2. The Labute approximate surface area is 152 Å². The zero-order chi connectivity index (χ0) is 18.7. The average molecular weight is 355 g/mol. The Morgan fingerprint density at radius 2 is 2.04 bits per heavy atom. The van der Waals surface area contributed by atoms with Crippen molar-refractivity contribution in [3.63, 3.8) is 0 Å². The number of pyridine rings is 2. The lowest BCUT2D eigenvalue weighted by molar-refractivity contribution is 0.270. The molecule has 6 nitrogen and oxygen atoms in total. The van der Waals surface area contributed by atoms with Gasteiger partial charge in [0, 0.05) is 36.4 Å². The second-order valence-electron chi connectivity index (χ2n) is 6.98. The Bertz CT molecular complexity index is 966. The van der Waals surface area contributed by atoms with Crippen molar-refractivity contribution >= 4 is 21.7 Å². The summed E-state index contributed by atoms with van der Waals surface area (Å²) in [5.41, 5.74) is 6.66. The van der Waals surface area contributed by atoms with Gasteiger partial charge in [0.25, 0.3) is 5.56 Å². The molecule has 0 saturated heterocycles. The molecule has 0 radical (unpaired) electrons. The highest BCUT2D eigenvalue weighted by molar-refractivity contribution is 6.05. The number of benzene rings is 1. The van der Waals surface area contributed by atoms with Crippen LogP contribution in [0.4, 0.5) is 0 Å². The van der Waals surface area contributed by atoms with Crippen LogP contribution in [0.3, 0.4) is 0 Å². The summed E-state index contributed by atoms with van der Waals surface area (Å²) in [5, 5.41) is 11.7. The molecule has 3 aromatic rings. The molecule has 0 fully saturated rings. The number of rotatable bonds is 7. The van der Waals surface area contributed by atoms with Gasteiger partial charge in [-0.2, -0.15) is 0 Å². The molecular weight excluding hydrogens is 330 g/mol. The molecule has 0 aliphatic rings. The molecule has 26 heavy (non-hydrogen) atoms. The molecule has 0 aliphatic heterocycles. The number of ether oxygens (including phenoxy) is 1. The van der Waals surface area contributed by atoms with Gasteiger partial charge in [0.05, 0.1) is 17.5 Å². The number of nitrogens with two attached hydrogens (primary N) is 1. The molecule has 0 saturated carbocycles. The third kappa shape index (κ3) is 3.71. The summed E-state index contributed by atoms with van der Waals surface area (Å²) in [6, 6.07) is 7.47. The summed E-state index contributed by atoms with van der Waals surface area (Å²) in [7, 11) is 0. The lowest BCUT2D eigenvalue weighted by Crippen LogP contribution is -2.29. The van der Waals surface area contributed by atoms with Crippen LogP contribution < -0.4 is 16.0 Å². The summed E-state index contributed by atoms with van der Waals surface area (Å²) in [4.78, 5) is 16.8. The summed E-state index contributed by atoms with van der Waals surface area (Å²) < 4.78 is 7.42. The molecule has 6 heteroatoms. The molecule has 3 N–H and O–H groups in total. The number of aromatic nitrogens is 2. The average Bonchev–Trinajstić information content (AvgIpc) is 2.63. The van der Waals surface area contributed by atoms with Crippen LogP contribution in [-0.4, -0.2) is 33.9 Å². The number of fused-ring (bicyclic) bond motifs is 3. The first-order valence-electron chi connectivity index (χ1n) is 8.90. The summed E-state index contributed by atoms with van der Waals surface area (Å²) in [6.45, 7) is 4.78. The minimum Gasteiger partial charge on any atom is -0.492 e. The molecular formula is C20H25N3O3. The fraction of sp³-hybridized carbons (Fsp3) is 0.400. The predicted molar refractivity (Wildman–Crippen MR) is 104 cm³/mol. The molecule has 1 atom stereocenters. The maximum Gasteiger partial charge on any atom is 0.260 e. The van der Waals surface area contributed by atoms with Crippen LogP contribution >= 0.6 is 0 Å².